The number of nitrogens with two attached hydrogens (primary N) is 1. The number of aryl methyl sites for hydroxylation is 2. The maximum atomic E-state index is 5.92. The number of benzene rings is 1. The van der Waals surface area contributed by atoms with Crippen LogP contribution < -0.4 is 11.1 Å². The number of thiophene rings is 1. The van der Waals surface area contributed by atoms with Crippen molar-refractivity contribution in [1.29, 1.82) is 0 Å². The van der Waals surface area contributed by atoms with Gasteiger partial charge in [0.2, 0.25) is 0 Å². The van der Waals surface area contributed by atoms with Crippen LogP contribution in [-0.2, 0) is 25.8 Å². The predicted molar refractivity (Wildman–Crippen MR) is 123 cm³/mol. The van der Waals surface area contributed by atoms with Crippen LogP contribution in [0.15, 0.2) is 58.2 Å². The smallest absolute Gasteiger partial charge is 0.188 e. The van der Waals surface area contributed by atoms with E-state index < -0.39 is 0 Å². The second kappa shape index (κ2) is 11.3. The Morgan fingerprint density at radius 3 is 2.65 bits per heavy atom. The summed E-state index contributed by atoms with van der Waals surface area (Å²) in [6.07, 6.45) is 2.95. The topological polar surface area (TPSA) is 63.3 Å². The summed E-state index contributed by atoms with van der Waals surface area (Å²) in [6.45, 7) is 1.33. The van der Waals surface area contributed by atoms with E-state index in [1.54, 1.807) is 22.7 Å². The molecular weight excluding hydrogens is 475 g/mol. The van der Waals surface area contributed by atoms with Gasteiger partial charge < -0.3 is 11.1 Å². The minimum absolute atomic E-state index is 0. The molecule has 0 atom stereocenters. The van der Waals surface area contributed by atoms with Crippen molar-refractivity contribution in [2.45, 2.75) is 25.8 Å². The number of aromatic nitrogens is 1. The van der Waals surface area contributed by atoms with Crippen LogP contribution in [0.1, 0.15) is 21.1 Å². The van der Waals surface area contributed by atoms with Gasteiger partial charge in [0.25, 0.3) is 0 Å². The zero-order valence-corrected chi connectivity index (χ0v) is 18.4. The van der Waals surface area contributed by atoms with Crippen LogP contribution in [0.25, 0.3) is 0 Å². The Morgan fingerprint density at radius 2 is 1.88 bits per heavy atom. The minimum Gasteiger partial charge on any atom is -0.370 e. The Balaban J connectivity index is 0.00000243. The summed E-state index contributed by atoms with van der Waals surface area (Å²) in [7, 11) is 0. The second-order valence-electron chi connectivity index (χ2n) is 5.68. The Hall–Kier alpha value is -1.45. The zero-order chi connectivity index (χ0) is 17.3. The normalized spacial score (nSPS) is 11.2. The van der Waals surface area contributed by atoms with Crippen molar-refractivity contribution in [3.05, 3.63) is 74.4 Å². The van der Waals surface area contributed by atoms with Gasteiger partial charge in [0.1, 0.15) is 0 Å². The lowest BCUT2D eigenvalue weighted by atomic mass is 10.1. The summed E-state index contributed by atoms with van der Waals surface area (Å²) in [6, 6.07) is 14.7. The molecule has 4 nitrogen and oxygen atoms in total. The van der Waals surface area contributed by atoms with Crippen molar-refractivity contribution in [3.63, 3.8) is 0 Å². The first-order chi connectivity index (χ1) is 12.3. The zero-order valence-electron chi connectivity index (χ0n) is 14.4. The van der Waals surface area contributed by atoms with E-state index >= 15 is 0 Å². The third-order valence-corrected chi connectivity index (χ3v) is 5.63. The van der Waals surface area contributed by atoms with E-state index in [0.29, 0.717) is 12.5 Å². The first kappa shape index (κ1) is 20.9. The van der Waals surface area contributed by atoms with Crippen LogP contribution in [0.4, 0.5) is 0 Å². The van der Waals surface area contributed by atoms with Gasteiger partial charge in [-0.05, 0) is 29.9 Å². The number of guanidine groups is 1. The molecule has 0 saturated heterocycles. The number of rotatable bonds is 8. The quantitative estimate of drug-likeness (QED) is 0.277. The minimum atomic E-state index is 0. The molecule has 0 spiro atoms. The van der Waals surface area contributed by atoms with Gasteiger partial charge in [-0.2, -0.15) is 0 Å². The Morgan fingerprint density at radius 1 is 1.04 bits per heavy atom. The maximum Gasteiger partial charge on any atom is 0.188 e. The number of thiazole rings is 1. The Labute approximate surface area is 179 Å². The summed E-state index contributed by atoms with van der Waals surface area (Å²) < 4.78 is 0. The highest BCUT2D eigenvalue weighted by atomic mass is 127. The second-order valence-corrected chi connectivity index (χ2v) is 7.65. The number of halogens is 1. The number of hydrogen-bond acceptors (Lipinski definition) is 4. The molecule has 3 N–H and O–H groups in total. The number of nitrogens with zero attached hydrogens (tertiary/aromatic N) is 2. The maximum absolute atomic E-state index is 5.92. The fourth-order valence-electron chi connectivity index (χ4n) is 2.42. The summed E-state index contributed by atoms with van der Waals surface area (Å²) in [5.74, 6) is 0.482. The van der Waals surface area contributed by atoms with Gasteiger partial charge in [0, 0.05) is 23.2 Å². The standard InChI is InChI=1S/C19H22N4S2.HI/c20-19(21-11-10-17-7-4-12-24-17)22-13-16-14-25-18(23-16)9-8-15-5-2-1-3-6-15;/h1-7,12,14H,8-11,13H2,(H3,20,21,22);1H. The van der Waals surface area contributed by atoms with E-state index in [-0.39, 0.29) is 24.0 Å². The SMILES string of the molecule is I.NC(=NCc1csc(CCc2ccccc2)n1)NCCc1cccs1. The number of aliphatic imine (C=N–C) groups is 1. The molecule has 0 amide bonds. The van der Waals surface area contributed by atoms with Gasteiger partial charge in [-0.25, -0.2) is 9.98 Å². The average molecular weight is 498 g/mol. The fourth-order valence-corrected chi connectivity index (χ4v) is 3.92. The first-order valence-corrected chi connectivity index (χ1v) is 10.1. The number of hydrogen-bond donors (Lipinski definition) is 2. The molecule has 1 aromatic carbocycles. The van der Waals surface area contributed by atoms with Crippen molar-refractivity contribution >= 4 is 52.6 Å². The molecule has 0 fully saturated rings. The molecule has 0 saturated carbocycles. The van der Waals surface area contributed by atoms with E-state index in [1.807, 2.05) is 6.07 Å². The third-order valence-electron chi connectivity index (χ3n) is 3.74. The average Bonchev–Trinajstić information content (AvgIpc) is 3.31. The lowest BCUT2D eigenvalue weighted by molar-refractivity contribution is 0.851. The van der Waals surface area contributed by atoms with Crippen molar-refractivity contribution in [1.82, 2.24) is 10.3 Å². The largest absolute Gasteiger partial charge is 0.370 e. The van der Waals surface area contributed by atoms with Gasteiger partial charge >= 0.3 is 0 Å². The first-order valence-electron chi connectivity index (χ1n) is 8.33. The summed E-state index contributed by atoms with van der Waals surface area (Å²) in [5, 5.41) is 8.47. The van der Waals surface area contributed by atoms with E-state index in [1.165, 1.54) is 10.4 Å². The van der Waals surface area contributed by atoms with Gasteiger partial charge in [-0.3, -0.25) is 0 Å². The molecule has 0 bridgehead atoms. The molecule has 0 radical (unpaired) electrons. The highest BCUT2D eigenvalue weighted by Crippen LogP contribution is 2.14. The lowest BCUT2D eigenvalue weighted by Crippen LogP contribution is -2.33. The van der Waals surface area contributed by atoms with Crippen LogP contribution >= 0.6 is 46.7 Å². The Bertz CT molecular complexity index is 785. The van der Waals surface area contributed by atoms with Gasteiger partial charge in [-0.15, -0.1) is 46.7 Å². The number of nitrogens with one attached hydrogen (secondary N) is 1. The molecule has 2 aromatic heterocycles. The molecule has 0 aliphatic carbocycles. The van der Waals surface area contributed by atoms with E-state index in [0.717, 1.165) is 36.5 Å². The summed E-state index contributed by atoms with van der Waals surface area (Å²) in [4.78, 5) is 10.4. The molecule has 3 aromatic rings. The third kappa shape index (κ3) is 7.05. The van der Waals surface area contributed by atoms with Gasteiger partial charge in [0.05, 0.1) is 17.2 Å². The van der Waals surface area contributed by atoms with Crippen LogP contribution in [0.3, 0.4) is 0 Å². The van der Waals surface area contributed by atoms with E-state index in [2.05, 4.69) is 62.5 Å². The molecule has 0 unspecified atom stereocenters. The van der Waals surface area contributed by atoms with Crippen molar-refractivity contribution in [3.8, 4) is 0 Å². The summed E-state index contributed by atoms with van der Waals surface area (Å²) in [5.41, 5.74) is 8.25. The molecule has 7 heteroatoms. The van der Waals surface area contributed by atoms with Crippen LogP contribution in [0.2, 0.25) is 0 Å². The molecule has 0 aliphatic rings. The molecule has 3 rings (SSSR count). The molecule has 26 heavy (non-hydrogen) atoms. The highest BCUT2D eigenvalue weighted by molar-refractivity contribution is 14.0. The molecule has 2 heterocycles. The van der Waals surface area contributed by atoms with Crippen molar-refractivity contribution < 1.29 is 0 Å². The van der Waals surface area contributed by atoms with Crippen LogP contribution in [0.5, 0.6) is 0 Å². The fraction of sp³-hybridized carbons (Fsp3) is 0.263. The highest BCUT2D eigenvalue weighted by Gasteiger charge is 2.03. The van der Waals surface area contributed by atoms with E-state index in [9.17, 15) is 0 Å². The molecule has 0 aliphatic heterocycles. The van der Waals surface area contributed by atoms with Crippen molar-refractivity contribution in [2.24, 2.45) is 10.7 Å². The predicted octanol–water partition coefficient (Wildman–Crippen LogP) is 4.25. The van der Waals surface area contributed by atoms with Gasteiger partial charge in [0.15, 0.2) is 5.96 Å². The van der Waals surface area contributed by atoms with E-state index in [4.69, 9.17) is 5.73 Å². The lowest BCUT2D eigenvalue weighted by Gasteiger charge is -2.03. The van der Waals surface area contributed by atoms with Crippen LogP contribution in [0, 0.1) is 0 Å². The monoisotopic (exact) mass is 498 g/mol. The molecular formula is C19H23IN4S2. The van der Waals surface area contributed by atoms with Crippen LogP contribution in [-0.4, -0.2) is 17.5 Å². The molecule has 138 valence electrons. The Kier molecular flexibility index (Phi) is 9.07. The van der Waals surface area contributed by atoms with Crippen molar-refractivity contribution in [2.75, 3.05) is 6.54 Å². The summed E-state index contributed by atoms with van der Waals surface area (Å²) >= 11 is 3.46. The van der Waals surface area contributed by atoms with Gasteiger partial charge in [-0.1, -0.05) is 36.4 Å².